The quantitative estimate of drug-likeness (QED) is 0.687. The summed E-state index contributed by atoms with van der Waals surface area (Å²) in [6.07, 6.45) is 4.02. The number of hydrogen-bond donors (Lipinski definition) is 1. The molecule has 0 aliphatic carbocycles. The third-order valence-electron chi connectivity index (χ3n) is 2.26. The van der Waals surface area contributed by atoms with Crippen molar-refractivity contribution in [3.05, 3.63) is 76.8 Å². The van der Waals surface area contributed by atoms with Gasteiger partial charge in [-0.15, -0.1) is 0 Å². The van der Waals surface area contributed by atoms with Gasteiger partial charge in [0.1, 0.15) is 6.29 Å². The van der Waals surface area contributed by atoms with Gasteiger partial charge in [-0.05, 0) is 35.9 Å². The largest absolute Gasteiger partial charge is 0.478 e. The highest BCUT2D eigenvalue weighted by molar-refractivity contribution is 6.30. The highest BCUT2D eigenvalue weighted by Crippen LogP contribution is 2.08. The van der Waals surface area contributed by atoms with Crippen LogP contribution in [0.2, 0.25) is 5.02 Å². The third-order valence-corrected chi connectivity index (χ3v) is 2.51. The highest BCUT2D eigenvalue weighted by Gasteiger charge is 1.99. The minimum Gasteiger partial charge on any atom is -0.478 e. The van der Waals surface area contributed by atoms with Gasteiger partial charge in [0, 0.05) is 5.02 Å². The Hall–Kier alpha value is -2.39. The number of carboxylic acid groups (broad SMARTS) is 1. The van der Waals surface area contributed by atoms with Gasteiger partial charge in [-0.25, -0.2) is 4.79 Å². The minimum atomic E-state index is -0.934. The maximum Gasteiger partial charge on any atom is 0.335 e. The van der Waals surface area contributed by atoms with E-state index in [-0.39, 0.29) is 5.56 Å². The molecule has 0 radical (unpaired) electrons. The first-order valence-corrected chi connectivity index (χ1v) is 6.17. The number of hydrogen-bond acceptors (Lipinski definition) is 2. The number of allylic oxidation sites excluding steroid dienone is 1. The molecule has 0 amide bonds. The molecule has 20 heavy (non-hydrogen) atoms. The van der Waals surface area contributed by atoms with E-state index >= 15 is 0 Å². The number of carbonyl (C=O) groups excluding carboxylic acids is 1. The molecule has 2 aromatic rings. The number of aromatic carboxylic acids is 1. The second-order valence-electron chi connectivity index (χ2n) is 3.72. The average molecular weight is 289 g/mol. The van der Waals surface area contributed by atoms with Crippen LogP contribution in [0.5, 0.6) is 0 Å². The molecule has 0 atom stereocenters. The van der Waals surface area contributed by atoms with Crippen molar-refractivity contribution in [2.24, 2.45) is 0 Å². The van der Waals surface area contributed by atoms with Gasteiger partial charge >= 0.3 is 5.97 Å². The summed E-state index contributed by atoms with van der Waals surface area (Å²) in [5, 5.41) is 8.98. The lowest BCUT2D eigenvalue weighted by atomic mass is 10.2. The maximum atomic E-state index is 10.3. The second-order valence-corrected chi connectivity index (χ2v) is 4.15. The van der Waals surface area contributed by atoms with Gasteiger partial charge in [0.25, 0.3) is 0 Å². The molecule has 0 bridgehead atoms. The van der Waals surface area contributed by atoms with Gasteiger partial charge in [0.05, 0.1) is 5.56 Å². The van der Waals surface area contributed by atoms with Crippen LogP contribution in [0.15, 0.2) is 60.7 Å². The SMILES string of the molecule is O=C(O)c1ccc(Cl)cc1.O=CC=Cc1ccccc1. The maximum absolute atomic E-state index is 10.3. The van der Waals surface area contributed by atoms with Gasteiger partial charge in [0.2, 0.25) is 0 Å². The van der Waals surface area contributed by atoms with Crippen LogP contribution in [0, 0.1) is 0 Å². The van der Waals surface area contributed by atoms with Crippen molar-refractivity contribution in [2.75, 3.05) is 0 Å². The van der Waals surface area contributed by atoms with E-state index < -0.39 is 5.97 Å². The molecule has 3 nitrogen and oxygen atoms in total. The summed E-state index contributed by atoms with van der Waals surface area (Å²) in [7, 11) is 0. The van der Waals surface area contributed by atoms with Crippen molar-refractivity contribution in [1.82, 2.24) is 0 Å². The molecule has 102 valence electrons. The second kappa shape index (κ2) is 8.67. The molecule has 0 spiro atoms. The van der Waals surface area contributed by atoms with Crippen LogP contribution in [0.3, 0.4) is 0 Å². The van der Waals surface area contributed by atoms with E-state index in [2.05, 4.69) is 0 Å². The number of aldehydes is 1. The van der Waals surface area contributed by atoms with Gasteiger partial charge in [-0.3, -0.25) is 4.79 Å². The van der Waals surface area contributed by atoms with Gasteiger partial charge in [-0.2, -0.15) is 0 Å². The van der Waals surface area contributed by atoms with Crippen LogP contribution in [0.4, 0.5) is 0 Å². The summed E-state index contributed by atoms with van der Waals surface area (Å²) >= 11 is 5.52. The van der Waals surface area contributed by atoms with E-state index in [9.17, 15) is 9.59 Å². The van der Waals surface area contributed by atoms with Crippen molar-refractivity contribution < 1.29 is 14.7 Å². The van der Waals surface area contributed by atoms with Crippen molar-refractivity contribution >= 4 is 29.9 Å². The predicted octanol–water partition coefficient (Wildman–Crippen LogP) is 3.94. The van der Waals surface area contributed by atoms with E-state index in [1.807, 2.05) is 30.3 Å². The lowest BCUT2D eigenvalue weighted by Crippen LogP contribution is -1.94. The fourth-order valence-electron chi connectivity index (χ4n) is 1.31. The molecule has 0 aliphatic heterocycles. The summed E-state index contributed by atoms with van der Waals surface area (Å²) in [6.45, 7) is 0. The molecule has 0 aromatic heterocycles. The normalized spacial score (nSPS) is 9.65. The van der Waals surface area contributed by atoms with Crippen LogP contribution >= 0.6 is 11.6 Å². The fraction of sp³-hybridized carbons (Fsp3) is 0. The Morgan fingerprint density at radius 3 is 2.10 bits per heavy atom. The zero-order valence-electron chi connectivity index (χ0n) is 10.6. The molecule has 0 unspecified atom stereocenters. The van der Waals surface area contributed by atoms with Crippen LogP contribution in [0.25, 0.3) is 6.08 Å². The zero-order valence-corrected chi connectivity index (χ0v) is 11.3. The van der Waals surface area contributed by atoms with E-state index in [1.165, 1.54) is 18.2 Å². The van der Waals surface area contributed by atoms with Crippen LogP contribution in [-0.4, -0.2) is 17.4 Å². The van der Waals surface area contributed by atoms with Crippen LogP contribution < -0.4 is 0 Å². The molecule has 2 aromatic carbocycles. The summed E-state index contributed by atoms with van der Waals surface area (Å²) in [6, 6.07) is 15.7. The van der Waals surface area contributed by atoms with Gasteiger partial charge in [-0.1, -0.05) is 48.0 Å². The Morgan fingerprint density at radius 1 is 1.00 bits per heavy atom. The minimum absolute atomic E-state index is 0.254. The molecule has 1 N–H and O–H groups in total. The average Bonchev–Trinajstić information content (AvgIpc) is 2.47. The van der Waals surface area contributed by atoms with Crippen molar-refractivity contribution in [1.29, 1.82) is 0 Å². The molecule has 0 heterocycles. The lowest BCUT2D eigenvalue weighted by Gasteiger charge is -1.91. The van der Waals surface area contributed by atoms with E-state index in [0.29, 0.717) is 5.02 Å². The van der Waals surface area contributed by atoms with Gasteiger partial charge < -0.3 is 5.11 Å². The third kappa shape index (κ3) is 5.98. The molecular formula is C16H13ClO3. The topological polar surface area (TPSA) is 54.4 Å². The Morgan fingerprint density at radius 2 is 1.60 bits per heavy atom. The van der Waals surface area contributed by atoms with Crippen molar-refractivity contribution in [2.45, 2.75) is 0 Å². The summed E-state index contributed by atoms with van der Waals surface area (Å²) < 4.78 is 0. The number of halogens is 1. The first kappa shape index (κ1) is 15.7. The standard InChI is InChI=1S/C9H8O.C7H5ClO2/c10-8-4-7-9-5-2-1-3-6-9;8-6-3-1-5(2-4-6)7(9)10/h1-8H;1-4H,(H,9,10). The zero-order chi connectivity index (χ0) is 14.8. The van der Waals surface area contributed by atoms with Crippen molar-refractivity contribution in [3.63, 3.8) is 0 Å². The summed E-state index contributed by atoms with van der Waals surface area (Å²) in [4.78, 5) is 20.2. The molecule has 4 heteroatoms. The Balaban J connectivity index is 0.000000200. The van der Waals surface area contributed by atoms with Crippen LogP contribution in [-0.2, 0) is 4.79 Å². The molecule has 2 rings (SSSR count). The molecule has 0 aliphatic rings. The first-order chi connectivity index (χ1) is 9.63. The molecular weight excluding hydrogens is 276 g/mol. The number of carboxylic acids is 1. The first-order valence-electron chi connectivity index (χ1n) is 5.79. The smallest absolute Gasteiger partial charge is 0.335 e. The van der Waals surface area contributed by atoms with Crippen molar-refractivity contribution in [3.8, 4) is 0 Å². The Labute approximate surface area is 122 Å². The molecule has 0 saturated heterocycles. The van der Waals surface area contributed by atoms with E-state index in [0.717, 1.165) is 11.8 Å². The number of rotatable bonds is 3. The Kier molecular flexibility index (Phi) is 6.79. The van der Waals surface area contributed by atoms with E-state index in [1.54, 1.807) is 18.2 Å². The van der Waals surface area contributed by atoms with Crippen LogP contribution in [0.1, 0.15) is 15.9 Å². The lowest BCUT2D eigenvalue weighted by molar-refractivity contribution is -0.104. The Bertz CT molecular complexity index is 574. The highest BCUT2D eigenvalue weighted by atomic mass is 35.5. The predicted molar refractivity (Wildman–Crippen MR) is 80.0 cm³/mol. The number of carbonyl (C=O) groups is 2. The molecule has 0 fully saturated rings. The fourth-order valence-corrected chi connectivity index (χ4v) is 1.43. The monoisotopic (exact) mass is 288 g/mol. The number of benzene rings is 2. The molecule has 0 saturated carbocycles. The summed E-state index contributed by atoms with van der Waals surface area (Å²) in [5.41, 5.74) is 1.30. The van der Waals surface area contributed by atoms with Gasteiger partial charge in [0.15, 0.2) is 0 Å². The summed E-state index contributed by atoms with van der Waals surface area (Å²) in [5.74, 6) is -0.934. The van der Waals surface area contributed by atoms with E-state index in [4.69, 9.17) is 16.7 Å².